The number of nitrogens with one attached hydrogen (secondary N) is 1. The van der Waals surface area contributed by atoms with Gasteiger partial charge >= 0.3 is 0 Å². The summed E-state index contributed by atoms with van der Waals surface area (Å²) in [7, 11) is 0. The predicted octanol–water partition coefficient (Wildman–Crippen LogP) is 3.77. The first-order valence-corrected chi connectivity index (χ1v) is 7.09. The van der Waals surface area contributed by atoms with Gasteiger partial charge in [0.25, 0.3) is 0 Å². The summed E-state index contributed by atoms with van der Waals surface area (Å²) in [4.78, 5) is 12.4. The van der Waals surface area contributed by atoms with Crippen molar-refractivity contribution in [3.05, 3.63) is 35.3 Å². The van der Waals surface area contributed by atoms with Crippen molar-refractivity contribution >= 4 is 29.7 Å². The Morgan fingerprint density at radius 1 is 1.50 bits per heavy atom. The van der Waals surface area contributed by atoms with Crippen LogP contribution in [0.4, 0.5) is 5.82 Å². The van der Waals surface area contributed by atoms with Crippen LogP contribution in [-0.4, -0.2) is 29.3 Å². The number of halogens is 1. The molecule has 0 aliphatic carbocycles. The van der Waals surface area contributed by atoms with E-state index >= 15 is 0 Å². The van der Waals surface area contributed by atoms with Crippen LogP contribution in [0.1, 0.15) is 26.5 Å². The van der Waals surface area contributed by atoms with E-state index in [-0.39, 0.29) is 5.92 Å². The molecule has 0 aromatic carbocycles. The van der Waals surface area contributed by atoms with Crippen molar-refractivity contribution in [3.63, 3.8) is 0 Å². The quantitative estimate of drug-likeness (QED) is 0.778. The van der Waals surface area contributed by atoms with Gasteiger partial charge in [0, 0.05) is 25.4 Å². The van der Waals surface area contributed by atoms with Crippen LogP contribution in [0.3, 0.4) is 0 Å². The molecule has 0 saturated heterocycles. The molecule has 108 valence electrons. The molecule has 4 nitrogen and oxygen atoms in total. The fourth-order valence-electron chi connectivity index (χ4n) is 1.55. The Bertz CT molecular complexity index is 494. The van der Waals surface area contributed by atoms with E-state index in [1.807, 2.05) is 38.1 Å². The molecule has 1 rings (SSSR count). The lowest BCUT2D eigenvalue weighted by Gasteiger charge is -2.09. The van der Waals surface area contributed by atoms with E-state index in [4.69, 9.17) is 11.6 Å². The van der Waals surface area contributed by atoms with Crippen molar-refractivity contribution in [3.8, 4) is 0 Å². The molecule has 1 aromatic rings. The van der Waals surface area contributed by atoms with Gasteiger partial charge in [0.05, 0.1) is 10.7 Å². The minimum Gasteiger partial charge on any atom is -0.369 e. The zero-order chi connectivity index (χ0) is 14.8. The Morgan fingerprint density at radius 2 is 2.30 bits per heavy atom. The lowest BCUT2D eigenvalue weighted by Crippen LogP contribution is -2.11. The van der Waals surface area contributed by atoms with Crippen molar-refractivity contribution in [2.75, 3.05) is 18.4 Å². The maximum atomic E-state index is 6.05. The molecule has 1 heterocycles. The van der Waals surface area contributed by atoms with Gasteiger partial charge in [-0.2, -0.15) is 0 Å². The van der Waals surface area contributed by atoms with Gasteiger partial charge in [-0.1, -0.05) is 30.7 Å². The molecule has 1 aromatic heterocycles. The predicted molar refractivity (Wildman–Crippen MR) is 87.4 cm³/mol. The first kappa shape index (κ1) is 16.4. The van der Waals surface area contributed by atoms with Crippen molar-refractivity contribution in [2.45, 2.75) is 20.8 Å². The minimum absolute atomic E-state index is 0.283. The van der Waals surface area contributed by atoms with Gasteiger partial charge in [0.15, 0.2) is 0 Å². The molecule has 0 saturated carbocycles. The number of rotatable bonds is 7. The Labute approximate surface area is 125 Å². The fourth-order valence-corrected chi connectivity index (χ4v) is 1.83. The highest BCUT2D eigenvalue weighted by Crippen LogP contribution is 2.09. The van der Waals surface area contributed by atoms with E-state index in [1.165, 1.54) is 0 Å². The number of allylic oxidation sites excluding steroid dienone is 2. The van der Waals surface area contributed by atoms with Gasteiger partial charge in [-0.25, -0.2) is 9.97 Å². The van der Waals surface area contributed by atoms with Crippen LogP contribution in [0.5, 0.6) is 0 Å². The van der Waals surface area contributed by atoms with E-state index in [9.17, 15) is 0 Å². The summed E-state index contributed by atoms with van der Waals surface area (Å²) in [5.74, 6) is 1.10. The SMILES string of the molecule is C/C=C\c1cc(NCC(C)/C=C(Cl)\C=N/CC)ncn1. The van der Waals surface area contributed by atoms with Crippen molar-refractivity contribution < 1.29 is 0 Å². The largest absolute Gasteiger partial charge is 0.369 e. The van der Waals surface area contributed by atoms with Gasteiger partial charge < -0.3 is 5.32 Å². The number of nitrogens with zero attached hydrogens (tertiary/aromatic N) is 3. The normalized spacial score (nSPS) is 14.1. The first-order valence-electron chi connectivity index (χ1n) is 6.71. The Morgan fingerprint density at radius 3 is 3.00 bits per heavy atom. The summed E-state index contributed by atoms with van der Waals surface area (Å²) in [5, 5.41) is 3.94. The molecule has 0 radical (unpaired) electrons. The van der Waals surface area contributed by atoms with Gasteiger partial charge in [-0.05, 0) is 25.8 Å². The molecule has 1 unspecified atom stereocenters. The summed E-state index contributed by atoms with van der Waals surface area (Å²) in [6, 6.07) is 1.91. The van der Waals surface area contributed by atoms with Crippen LogP contribution < -0.4 is 5.32 Å². The molecule has 5 heteroatoms. The molecule has 0 spiro atoms. The Hall–Kier alpha value is -1.68. The molecule has 20 heavy (non-hydrogen) atoms. The highest BCUT2D eigenvalue weighted by Gasteiger charge is 2.01. The Kier molecular flexibility index (Phi) is 7.58. The summed E-state index contributed by atoms with van der Waals surface area (Å²) >= 11 is 6.05. The van der Waals surface area contributed by atoms with Gasteiger partial charge in [-0.3, -0.25) is 4.99 Å². The molecule has 1 N–H and O–H groups in total. The van der Waals surface area contributed by atoms with Crippen LogP contribution in [0, 0.1) is 5.92 Å². The van der Waals surface area contributed by atoms with Gasteiger partial charge in [-0.15, -0.1) is 0 Å². The summed E-state index contributed by atoms with van der Waals surface area (Å²) in [6.45, 7) is 7.52. The molecule has 1 atom stereocenters. The van der Waals surface area contributed by atoms with E-state index in [2.05, 4.69) is 27.2 Å². The topological polar surface area (TPSA) is 50.2 Å². The molecular weight excluding hydrogens is 272 g/mol. The second-order valence-corrected chi connectivity index (χ2v) is 4.80. The van der Waals surface area contributed by atoms with Crippen LogP contribution in [0.25, 0.3) is 6.08 Å². The number of hydrogen-bond donors (Lipinski definition) is 1. The lowest BCUT2D eigenvalue weighted by molar-refractivity contribution is 0.766. The van der Waals surface area contributed by atoms with Crippen molar-refractivity contribution in [1.82, 2.24) is 9.97 Å². The lowest BCUT2D eigenvalue weighted by atomic mass is 10.1. The van der Waals surface area contributed by atoms with Crippen LogP contribution in [-0.2, 0) is 0 Å². The molecule has 0 aliphatic heterocycles. The van der Waals surface area contributed by atoms with Gasteiger partial charge in [0.1, 0.15) is 12.1 Å². The van der Waals surface area contributed by atoms with Crippen LogP contribution in [0.15, 0.2) is 34.6 Å². The van der Waals surface area contributed by atoms with E-state index < -0.39 is 0 Å². The molecule has 0 bridgehead atoms. The summed E-state index contributed by atoms with van der Waals surface area (Å²) < 4.78 is 0. The van der Waals surface area contributed by atoms with Crippen LogP contribution in [0.2, 0.25) is 0 Å². The standard InChI is InChI=1S/C15H21ClN4/c1-4-6-14-8-15(20-11-19-14)18-9-12(3)7-13(16)10-17-5-2/h4,6-8,10-12H,5,9H2,1-3H3,(H,18,19,20)/b6-4-,13-7+,17-10-. The fraction of sp³-hybridized carbons (Fsp3) is 0.400. The second kappa shape index (κ2) is 9.26. The maximum absolute atomic E-state index is 6.05. The monoisotopic (exact) mass is 292 g/mol. The number of hydrogen-bond acceptors (Lipinski definition) is 4. The third-order valence-corrected chi connectivity index (χ3v) is 2.70. The highest BCUT2D eigenvalue weighted by molar-refractivity contribution is 6.39. The maximum Gasteiger partial charge on any atom is 0.129 e. The minimum atomic E-state index is 0.283. The van der Waals surface area contributed by atoms with E-state index in [0.29, 0.717) is 5.03 Å². The molecule has 0 aliphatic rings. The van der Waals surface area contributed by atoms with Crippen LogP contribution >= 0.6 is 11.6 Å². The zero-order valence-corrected chi connectivity index (χ0v) is 12.9. The third-order valence-electron chi connectivity index (χ3n) is 2.47. The average molecular weight is 293 g/mol. The van der Waals surface area contributed by atoms with E-state index in [0.717, 1.165) is 24.6 Å². The molecular formula is C15H21ClN4. The molecule has 0 fully saturated rings. The summed E-state index contributed by atoms with van der Waals surface area (Å²) in [5.41, 5.74) is 0.890. The van der Waals surface area contributed by atoms with Crippen molar-refractivity contribution in [1.29, 1.82) is 0 Å². The average Bonchev–Trinajstić information content (AvgIpc) is 2.44. The number of anilines is 1. The molecule has 0 amide bonds. The second-order valence-electron chi connectivity index (χ2n) is 4.37. The summed E-state index contributed by atoms with van der Waals surface area (Å²) in [6.07, 6.45) is 9.10. The van der Waals surface area contributed by atoms with Gasteiger partial charge in [0.2, 0.25) is 0 Å². The van der Waals surface area contributed by atoms with Crippen molar-refractivity contribution in [2.24, 2.45) is 10.9 Å². The zero-order valence-electron chi connectivity index (χ0n) is 12.2. The Balaban J connectivity index is 2.54. The smallest absolute Gasteiger partial charge is 0.129 e. The highest BCUT2D eigenvalue weighted by atomic mass is 35.5. The third kappa shape index (κ3) is 6.48. The number of aromatic nitrogens is 2. The van der Waals surface area contributed by atoms with E-state index in [1.54, 1.807) is 12.5 Å². The first-order chi connectivity index (χ1) is 9.65. The number of aliphatic imine (C=N–C) groups is 1.